The number of fused-ring (bicyclic) bond motifs is 1. The van der Waals surface area contributed by atoms with Gasteiger partial charge in [0.25, 0.3) is 0 Å². The van der Waals surface area contributed by atoms with Crippen LogP contribution in [-0.4, -0.2) is 30.6 Å². The van der Waals surface area contributed by atoms with Gasteiger partial charge in [-0.15, -0.1) is 0 Å². The minimum Gasteiger partial charge on any atom is -0.489 e. The maximum Gasteiger partial charge on any atom is 0.248 e. The summed E-state index contributed by atoms with van der Waals surface area (Å²) in [6.07, 6.45) is 4.31. The fourth-order valence-electron chi connectivity index (χ4n) is 3.97. The molecule has 2 atom stereocenters. The monoisotopic (exact) mass is 467 g/mol. The Hall–Kier alpha value is -3.27. The molecule has 3 aromatic rings. The molecule has 0 fully saturated rings. The van der Waals surface area contributed by atoms with Gasteiger partial charge in [0.1, 0.15) is 12.4 Å². The Morgan fingerprint density at radius 1 is 1.12 bits per heavy atom. The standard InChI is InChI=1S/C24H25N3O5S/c1-16-14-17(20-6-2-4-8-22(20)25-16)15-32-18-10-12-19(13-11-18)33(30,31)27-23-9-5-3-7-21(23)24(28)26-29/h2-6,8,10-14,21,23,27,29H,7,9,15H2,1H3,(H,26,28)/t21-,23+/m0/s1. The van der Waals surface area contributed by atoms with E-state index in [2.05, 4.69) is 9.71 Å². The molecule has 8 nitrogen and oxygen atoms in total. The quantitative estimate of drug-likeness (QED) is 0.279. The molecule has 0 radical (unpaired) electrons. The minimum atomic E-state index is -3.86. The summed E-state index contributed by atoms with van der Waals surface area (Å²) in [5, 5.41) is 9.95. The number of carbonyl (C=O) groups is 1. The maximum absolute atomic E-state index is 12.9. The zero-order chi connectivity index (χ0) is 23.4. The van der Waals surface area contributed by atoms with Crippen LogP contribution in [0.3, 0.4) is 0 Å². The molecule has 0 saturated heterocycles. The van der Waals surface area contributed by atoms with Crippen molar-refractivity contribution in [3.63, 3.8) is 0 Å². The predicted molar refractivity (Wildman–Crippen MR) is 123 cm³/mol. The molecule has 1 aliphatic carbocycles. The van der Waals surface area contributed by atoms with E-state index in [1.54, 1.807) is 23.7 Å². The number of aryl methyl sites for hydroxylation is 1. The fourth-order valence-corrected chi connectivity index (χ4v) is 5.26. The summed E-state index contributed by atoms with van der Waals surface area (Å²) < 4.78 is 34.2. The van der Waals surface area contributed by atoms with E-state index >= 15 is 0 Å². The Morgan fingerprint density at radius 2 is 1.85 bits per heavy atom. The van der Waals surface area contributed by atoms with E-state index in [1.165, 1.54) is 12.1 Å². The molecule has 3 N–H and O–H groups in total. The third-order valence-electron chi connectivity index (χ3n) is 5.64. The molecule has 0 spiro atoms. The Bertz CT molecular complexity index is 1290. The largest absolute Gasteiger partial charge is 0.489 e. The van der Waals surface area contributed by atoms with Gasteiger partial charge in [-0.05, 0) is 56.2 Å². The first kappa shape index (κ1) is 22.9. The molecule has 1 heterocycles. The lowest BCUT2D eigenvalue weighted by Crippen LogP contribution is -2.46. The van der Waals surface area contributed by atoms with Crippen LogP contribution in [0.2, 0.25) is 0 Å². The molecular weight excluding hydrogens is 442 g/mol. The lowest BCUT2D eigenvalue weighted by molar-refractivity contribution is -0.134. The van der Waals surface area contributed by atoms with Crippen LogP contribution in [0, 0.1) is 12.8 Å². The first-order chi connectivity index (χ1) is 15.9. The van der Waals surface area contributed by atoms with Gasteiger partial charge in [0.15, 0.2) is 0 Å². The third kappa shape index (κ3) is 5.22. The molecule has 1 aromatic heterocycles. The number of hydroxylamine groups is 1. The van der Waals surface area contributed by atoms with E-state index in [4.69, 9.17) is 9.94 Å². The van der Waals surface area contributed by atoms with Crippen LogP contribution >= 0.6 is 0 Å². The van der Waals surface area contributed by atoms with Gasteiger partial charge in [0.2, 0.25) is 15.9 Å². The highest BCUT2D eigenvalue weighted by Crippen LogP contribution is 2.24. The van der Waals surface area contributed by atoms with Crippen molar-refractivity contribution in [1.82, 2.24) is 15.2 Å². The van der Waals surface area contributed by atoms with Crippen molar-refractivity contribution in [2.24, 2.45) is 5.92 Å². The fraction of sp³-hybridized carbons (Fsp3) is 0.250. The van der Waals surface area contributed by atoms with Crippen molar-refractivity contribution in [2.45, 2.75) is 37.3 Å². The molecule has 2 aromatic carbocycles. The second-order valence-corrected chi connectivity index (χ2v) is 9.67. The Balaban J connectivity index is 1.46. The number of pyridine rings is 1. The molecule has 0 aliphatic heterocycles. The highest BCUT2D eigenvalue weighted by atomic mass is 32.2. The van der Waals surface area contributed by atoms with Crippen LogP contribution < -0.4 is 14.9 Å². The summed E-state index contributed by atoms with van der Waals surface area (Å²) in [4.78, 5) is 16.5. The van der Waals surface area contributed by atoms with Crippen LogP contribution in [0.5, 0.6) is 5.75 Å². The van der Waals surface area contributed by atoms with Gasteiger partial charge in [-0.25, -0.2) is 18.6 Å². The molecule has 9 heteroatoms. The molecule has 1 aliphatic rings. The normalized spacial score (nSPS) is 18.2. The van der Waals surface area contributed by atoms with Crippen molar-refractivity contribution >= 4 is 26.8 Å². The second-order valence-electron chi connectivity index (χ2n) is 7.95. The van der Waals surface area contributed by atoms with Gasteiger partial charge in [-0.2, -0.15) is 0 Å². The number of sulfonamides is 1. The Kier molecular flexibility index (Phi) is 6.73. The van der Waals surface area contributed by atoms with Crippen molar-refractivity contribution in [1.29, 1.82) is 0 Å². The molecule has 33 heavy (non-hydrogen) atoms. The van der Waals surface area contributed by atoms with E-state index in [-0.39, 0.29) is 4.90 Å². The van der Waals surface area contributed by atoms with Crippen molar-refractivity contribution in [2.75, 3.05) is 0 Å². The van der Waals surface area contributed by atoms with E-state index in [9.17, 15) is 13.2 Å². The van der Waals surface area contributed by atoms with Gasteiger partial charge in [0.05, 0.1) is 16.3 Å². The lowest BCUT2D eigenvalue weighted by atomic mass is 9.89. The average molecular weight is 468 g/mol. The molecule has 1 amide bonds. The number of ether oxygens (including phenoxy) is 1. The molecule has 0 unspecified atom stereocenters. The van der Waals surface area contributed by atoms with Crippen molar-refractivity contribution in [3.8, 4) is 5.75 Å². The van der Waals surface area contributed by atoms with Gasteiger partial charge >= 0.3 is 0 Å². The summed E-state index contributed by atoms with van der Waals surface area (Å²) >= 11 is 0. The molecule has 4 rings (SSSR count). The van der Waals surface area contributed by atoms with E-state index in [1.807, 2.05) is 43.3 Å². The molecule has 0 bridgehead atoms. The van der Waals surface area contributed by atoms with Gasteiger partial charge in [-0.3, -0.25) is 15.0 Å². The minimum absolute atomic E-state index is 0.0674. The van der Waals surface area contributed by atoms with Crippen LogP contribution in [0.15, 0.2) is 71.6 Å². The summed E-state index contributed by atoms with van der Waals surface area (Å²) in [5.74, 6) is -0.767. The van der Waals surface area contributed by atoms with E-state index in [0.29, 0.717) is 25.2 Å². The molecular formula is C24H25N3O5S. The number of rotatable bonds is 7. The van der Waals surface area contributed by atoms with Gasteiger partial charge in [-0.1, -0.05) is 30.4 Å². The first-order valence-corrected chi connectivity index (χ1v) is 12.0. The number of hydrogen-bond donors (Lipinski definition) is 3. The number of aromatic nitrogens is 1. The number of allylic oxidation sites excluding steroid dienone is 1. The number of carbonyl (C=O) groups excluding carboxylic acids is 1. The second kappa shape index (κ2) is 9.70. The maximum atomic E-state index is 12.9. The van der Waals surface area contributed by atoms with Crippen LogP contribution in [0.1, 0.15) is 24.1 Å². The number of amides is 1. The van der Waals surface area contributed by atoms with Crippen LogP contribution in [-0.2, 0) is 21.4 Å². The Morgan fingerprint density at radius 3 is 2.61 bits per heavy atom. The topological polar surface area (TPSA) is 118 Å². The van der Waals surface area contributed by atoms with Crippen molar-refractivity contribution < 1.29 is 23.2 Å². The van der Waals surface area contributed by atoms with E-state index < -0.39 is 27.9 Å². The summed E-state index contributed by atoms with van der Waals surface area (Å²) in [5.41, 5.74) is 4.40. The Labute approximate surface area is 192 Å². The number of nitrogens with one attached hydrogen (secondary N) is 2. The number of hydrogen-bond acceptors (Lipinski definition) is 6. The summed E-state index contributed by atoms with van der Waals surface area (Å²) in [6, 6.07) is 15.3. The number of nitrogens with zero attached hydrogens (tertiary/aromatic N) is 1. The van der Waals surface area contributed by atoms with Gasteiger partial charge < -0.3 is 4.74 Å². The predicted octanol–water partition coefficient (Wildman–Crippen LogP) is 3.24. The van der Waals surface area contributed by atoms with E-state index in [0.717, 1.165) is 22.2 Å². The number of benzene rings is 2. The SMILES string of the molecule is Cc1cc(COc2ccc(S(=O)(=O)N[C@@H]3CC=CC[C@@H]3C(=O)NO)cc2)c2ccccc2n1. The molecule has 0 saturated carbocycles. The zero-order valence-electron chi connectivity index (χ0n) is 18.1. The molecule has 172 valence electrons. The first-order valence-electron chi connectivity index (χ1n) is 10.6. The van der Waals surface area contributed by atoms with Gasteiger partial charge in [0, 0.05) is 22.7 Å². The van der Waals surface area contributed by atoms with Crippen LogP contribution in [0.25, 0.3) is 10.9 Å². The highest BCUT2D eigenvalue weighted by molar-refractivity contribution is 7.89. The van der Waals surface area contributed by atoms with Crippen molar-refractivity contribution in [3.05, 3.63) is 78.0 Å². The van der Waals surface area contributed by atoms with Crippen LogP contribution in [0.4, 0.5) is 0 Å². The highest BCUT2D eigenvalue weighted by Gasteiger charge is 2.32. The zero-order valence-corrected chi connectivity index (χ0v) is 18.9. The third-order valence-corrected chi connectivity index (χ3v) is 7.15. The summed E-state index contributed by atoms with van der Waals surface area (Å²) in [7, 11) is -3.86. The summed E-state index contributed by atoms with van der Waals surface area (Å²) in [6.45, 7) is 2.25. The number of para-hydroxylation sites is 1. The average Bonchev–Trinajstić information content (AvgIpc) is 2.82. The lowest BCUT2D eigenvalue weighted by Gasteiger charge is -2.27. The smallest absolute Gasteiger partial charge is 0.248 e.